The second-order valence-corrected chi connectivity index (χ2v) is 5.47. The number of benzene rings is 1. The van der Waals surface area contributed by atoms with E-state index in [2.05, 4.69) is 22.8 Å². The monoisotopic (exact) mass is 276 g/mol. The molecule has 0 radical (unpaired) electrons. The summed E-state index contributed by atoms with van der Waals surface area (Å²) in [7, 11) is 0. The quantitative estimate of drug-likeness (QED) is 0.652. The molecule has 2 rings (SSSR count). The Kier molecular flexibility index (Phi) is 3.61. The minimum Gasteiger partial charge on any atom is -0.334 e. The van der Waals surface area contributed by atoms with Crippen LogP contribution in [0.15, 0.2) is 40.3 Å². The number of hydrogen-bond acceptors (Lipinski definition) is 5. The van der Waals surface area contributed by atoms with Gasteiger partial charge in [-0.1, -0.05) is 44.2 Å². The molecule has 0 unspecified atom stereocenters. The minimum absolute atomic E-state index is 0.101. The summed E-state index contributed by atoms with van der Waals surface area (Å²) in [5, 5.41) is 7.87. The molecule has 100 valence electrons. The molecule has 19 heavy (non-hydrogen) atoms. The van der Waals surface area contributed by atoms with Crippen LogP contribution in [0.5, 0.6) is 0 Å². The van der Waals surface area contributed by atoms with E-state index in [4.69, 9.17) is 5.84 Å². The van der Waals surface area contributed by atoms with Crippen LogP contribution in [0.2, 0.25) is 0 Å². The Morgan fingerprint density at radius 2 is 1.89 bits per heavy atom. The first kappa shape index (κ1) is 13.6. The van der Waals surface area contributed by atoms with Gasteiger partial charge in [-0.15, -0.1) is 22.8 Å². The van der Waals surface area contributed by atoms with E-state index in [0.29, 0.717) is 12.1 Å². The van der Waals surface area contributed by atoms with Crippen molar-refractivity contribution < 1.29 is 0 Å². The van der Waals surface area contributed by atoms with Crippen LogP contribution in [-0.4, -0.2) is 14.9 Å². The Morgan fingerprint density at radius 3 is 2.53 bits per heavy atom. The summed E-state index contributed by atoms with van der Waals surface area (Å²) in [6.07, 6.45) is 0.684. The third-order valence-electron chi connectivity index (χ3n) is 3.01. The molecule has 6 heteroatoms. The highest BCUT2D eigenvalue weighted by atomic mass is 32.1. The van der Waals surface area contributed by atoms with E-state index < -0.39 is 5.41 Å². The molecule has 0 amide bonds. The van der Waals surface area contributed by atoms with Gasteiger partial charge in [0.1, 0.15) is 5.69 Å². The van der Waals surface area contributed by atoms with Gasteiger partial charge in [0.15, 0.2) is 0 Å². The van der Waals surface area contributed by atoms with Crippen LogP contribution < -0.4 is 11.4 Å². The molecule has 0 atom stereocenters. The number of aromatic nitrogens is 3. The van der Waals surface area contributed by atoms with Gasteiger partial charge in [0.05, 0.1) is 0 Å². The molecule has 1 heterocycles. The Hall–Kier alpha value is -1.82. The van der Waals surface area contributed by atoms with Crippen molar-refractivity contribution in [3.05, 3.63) is 51.9 Å². The van der Waals surface area contributed by atoms with E-state index in [1.165, 1.54) is 0 Å². The van der Waals surface area contributed by atoms with Crippen LogP contribution in [0.3, 0.4) is 0 Å². The molecule has 0 aliphatic heterocycles. The first-order chi connectivity index (χ1) is 8.92. The van der Waals surface area contributed by atoms with Gasteiger partial charge in [0, 0.05) is 5.41 Å². The van der Waals surface area contributed by atoms with Gasteiger partial charge in [-0.25, -0.2) is 0 Å². The molecule has 2 aromatic rings. The van der Waals surface area contributed by atoms with Crippen LogP contribution >= 0.6 is 12.6 Å². The summed E-state index contributed by atoms with van der Waals surface area (Å²) in [4.78, 5) is 12.1. The van der Waals surface area contributed by atoms with Crippen LogP contribution in [-0.2, 0) is 11.8 Å². The molecule has 0 fully saturated rings. The van der Waals surface area contributed by atoms with E-state index in [1.54, 1.807) is 0 Å². The predicted molar refractivity (Wildman–Crippen MR) is 76.9 cm³/mol. The maximum atomic E-state index is 12.1. The summed E-state index contributed by atoms with van der Waals surface area (Å²) in [6, 6.07) is 9.93. The smallest absolute Gasteiger partial charge is 0.295 e. The van der Waals surface area contributed by atoms with E-state index in [-0.39, 0.29) is 10.7 Å². The minimum atomic E-state index is -0.450. The number of rotatable bonds is 3. The molecule has 0 spiro atoms. The fourth-order valence-electron chi connectivity index (χ4n) is 2.01. The van der Waals surface area contributed by atoms with Crippen molar-refractivity contribution in [1.29, 1.82) is 0 Å². The average Bonchev–Trinajstić information content (AvgIpc) is 2.36. The highest BCUT2D eigenvalue weighted by Gasteiger charge is 2.27. The summed E-state index contributed by atoms with van der Waals surface area (Å²) >= 11 is 3.97. The third kappa shape index (κ3) is 2.78. The fourth-order valence-corrected chi connectivity index (χ4v) is 2.14. The van der Waals surface area contributed by atoms with E-state index in [9.17, 15) is 4.79 Å². The van der Waals surface area contributed by atoms with Crippen molar-refractivity contribution >= 4 is 12.6 Å². The van der Waals surface area contributed by atoms with Gasteiger partial charge < -0.3 is 5.84 Å². The lowest BCUT2D eigenvalue weighted by Gasteiger charge is -2.23. The van der Waals surface area contributed by atoms with Gasteiger partial charge in [-0.2, -0.15) is 4.68 Å². The van der Waals surface area contributed by atoms with Crippen LogP contribution in [0, 0.1) is 0 Å². The van der Waals surface area contributed by atoms with E-state index >= 15 is 0 Å². The molecule has 0 saturated carbocycles. The van der Waals surface area contributed by atoms with Gasteiger partial charge in [-0.05, 0) is 12.0 Å². The molecule has 0 saturated heterocycles. The Bertz CT molecular complexity index is 637. The summed E-state index contributed by atoms with van der Waals surface area (Å²) in [5.41, 5.74) is 0.665. The van der Waals surface area contributed by atoms with Gasteiger partial charge in [0.25, 0.3) is 5.56 Å². The average molecular weight is 276 g/mol. The van der Waals surface area contributed by atoms with E-state index in [0.717, 1.165) is 10.2 Å². The Morgan fingerprint density at radius 1 is 1.26 bits per heavy atom. The van der Waals surface area contributed by atoms with Crippen LogP contribution in [0.1, 0.15) is 25.1 Å². The molecule has 1 aromatic carbocycles. The van der Waals surface area contributed by atoms with Crippen molar-refractivity contribution in [3.8, 4) is 0 Å². The first-order valence-electron chi connectivity index (χ1n) is 5.90. The molecular weight excluding hydrogens is 260 g/mol. The lowest BCUT2D eigenvalue weighted by atomic mass is 9.83. The summed E-state index contributed by atoms with van der Waals surface area (Å²) in [5.74, 6) is 5.60. The van der Waals surface area contributed by atoms with Crippen molar-refractivity contribution in [2.45, 2.75) is 30.8 Å². The van der Waals surface area contributed by atoms with Gasteiger partial charge >= 0.3 is 0 Å². The molecule has 1 aromatic heterocycles. The van der Waals surface area contributed by atoms with Gasteiger partial charge in [0.2, 0.25) is 5.16 Å². The van der Waals surface area contributed by atoms with Crippen LogP contribution in [0.4, 0.5) is 0 Å². The number of nitrogen functional groups attached to an aromatic ring is 1. The number of nitrogens with zero attached hydrogens (tertiary/aromatic N) is 3. The second kappa shape index (κ2) is 5.05. The standard InChI is InChI=1S/C13H16N4OS/c1-13(2,8-9-6-4-3-5-7-9)10-11(18)17(14)12(19)16-15-10/h3-7H,8,14H2,1-2H3,(H,16,19). The number of hydrogen-bond donors (Lipinski definition) is 2. The molecule has 0 bridgehead atoms. The zero-order chi connectivity index (χ0) is 14.0. The molecule has 5 nitrogen and oxygen atoms in total. The maximum Gasteiger partial charge on any atom is 0.295 e. The summed E-state index contributed by atoms with van der Waals surface area (Å²) in [6.45, 7) is 3.90. The highest BCUT2D eigenvalue weighted by molar-refractivity contribution is 7.80. The lowest BCUT2D eigenvalue weighted by Crippen LogP contribution is -2.39. The van der Waals surface area contributed by atoms with Crippen molar-refractivity contribution in [3.63, 3.8) is 0 Å². The first-order valence-corrected chi connectivity index (χ1v) is 6.35. The maximum absolute atomic E-state index is 12.1. The van der Waals surface area contributed by atoms with Crippen molar-refractivity contribution in [2.75, 3.05) is 5.84 Å². The molecule has 0 aliphatic carbocycles. The fraction of sp³-hybridized carbons (Fsp3) is 0.308. The Labute approximate surface area is 116 Å². The zero-order valence-electron chi connectivity index (χ0n) is 10.9. The number of thiol groups is 1. The lowest BCUT2D eigenvalue weighted by molar-refractivity contribution is 0.473. The molecule has 0 aliphatic rings. The molecular formula is C13H16N4OS. The van der Waals surface area contributed by atoms with E-state index in [1.807, 2.05) is 44.2 Å². The predicted octanol–water partition coefficient (Wildman–Crippen LogP) is 1.16. The van der Waals surface area contributed by atoms with Gasteiger partial charge in [-0.3, -0.25) is 4.79 Å². The van der Waals surface area contributed by atoms with Crippen molar-refractivity contribution in [2.24, 2.45) is 0 Å². The zero-order valence-corrected chi connectivity index (χ0v) is 11.8. The van der Waals surface area contributed by atoms with Crippen molar-refractivity contribution in [1.82, 2.24) is 14.9 Å². The largest absolute Gasteiger partial charge is 0.334 e. The normalized spacial score (nSPS) is 11.5. The van der Waals surface area contributed by atoms with Crippen LogP contribution in [0.25, 0.3) is 0 Å². The topological polar surface area (TPSA) is 73.8 Å². The number of nitrogens with two attached hydrogens (primary N) is 1. The Balaban J connectivity index is 2.40. The third-order valence-corrected chi connectivity index (χ3v) is 3.31. The second-order valence-electron chi connectivity index (χ2n) is 5.07. The molecule has 2 N–H and O–H groups in total. The highest BCUT2D eigenvalue weighted by Crippen LogP contribution is 2.23. The summed E-state index contributed by atoms with van der Waals surface area (Å²) < 4.78 is 0.915. The SMILES string of the molecule is CC(C)(Cc1ccccc1)c1nnc(S)n(N)c1=O.